The summed E-state index contributed by atoms with van der Waals surface area (Å²) in [4.78, 5) is 11.7. The topological polar surface area (TPSA) is 58.4 Å². The van der Waals surface area contributed by atoms with Gasteiger partial charge in [0.15, 0.2) is 5.65 Å². The van der Waals surface area contributed by atoms with Crippen LogP contribution in [0.3, 0.4) is 0 Å². The van der Waals surface area contributed by atoms with E-state index in [1.165, 1.54) is 5.56 Å². The first-order chi connectivity index (χ1) is 10.2. The molecular weight excluding hydrogens is 264 g/mol. The van der Waals surface area contributed by atoms with Crippen LogP contribution < -0.4 is 10.2 Å². The van der Waals surface area contributed by atoms with Crippen molar-refractivity contribution in [3.8, 4) is 0 Å². The van der Waals surface area contributed by atoms with E-state index in [2.05, 4.69) is 45.4 Å². The van der Waals surface area contributed by atoms with Gasteiger partial charge in [-0.25, -0.2) is 9.97 Å². The van der Waals surface area contributed by atoms with Crippen molar-refractivity contribution in [1.82, 2.24) is 24.9 Å². The van der Waals surface area contributed by atoms with E-state index in [1.807, 2.05) is 11.4 Å². The molecule has 0 atom stereocenters. The molecule has 0 bridgehead atoms. The lowest BCUT2D eigenvalue weighted by molar-refractivity contribution is 0.575. The zero-order valence-corrected chi connectivity index (χ0v) is 12.3. The molecule has 3 heterocycles. The molecule has 1 aliphatic rings. The smallest absolute Gasteiger partial charge is 0.229 e. The van der Waals surface area contributed by atoms with Crippen molar-refractivity contribution in [2.24, 2.45) is 0 Å². The van der Waals surface area contributed by atoms with Crippen molar-refractivity contribution in [3.63, 3.8) is 0 Å². The quantitative estimate of drug-likeness (QED) is 0.729. The Morgan fingerprint density at radius 1 is 1.10 bits per heavy atom. The number of rotatable bonds is 1. The van der Waals surface area contributed by atoms with Crippen LogP contribution in [0, 0.1) is 13.8 Å². The van der Waals surface area contributed by atoms with Crippen LogP contribution in [0.4, 0.5) is 5.95 Å². The summed E-state index contributed by atoms with van der Waals surface area (Å²) in [5, 5.41) is 8.97. The Hall–Kier alpha value is -2.21. The Kier molecular flexibility index (Phi) is 2.78. The molecule has 3 aromatic rings. The molecule has 108 valence electrons. The summed E-state index contributed by atoms with van der Waals surface area (Å²) in [6.07, 6.45) is 0. The van der Waals surface area contributed by atoms with E-state index < -0.39 is 0 Å². The summed E-state index contributed by atoms with van der Waals surface area (Å²) in [6, 6.07) is 6.30. The van der Waals surface area contributed by atoms with E-state index >= 15 is 0 Å². The standard InChI is InChI=1S/C15H18N6/c1-10-3-4-12-13(9-10)18-15(20-7-5-16-6-8-20)21-14(12)17-11(2)19-21/h3-4,9,16H,5-8H2,1-2H3. The summed E-state index contributed by atoms with van der Waals surface area (Å²) in [7, 11) is 0. The second kappa shape index (κ2) is 4.66. The van der Waals surface area contributed by atoms with E-state index in [9.17, 15) is 0 Å². The maximum Gasteiger partial charge on any atom is 0.229 e. The predicted octanol–water partition coefficient (Wildman–Crippen LogP) is 1.30. The van der Waals surface area contributed by atoms with E-state index in [1.54, 1.807) is 0 Å². The molecule has 1 aliphatic heterocycles. The Bertz CT molecular complexity index is 816. The minimum atomic E-state index is 0.779. The molecule has 1 saturated heterocycles. The van der Waals surface area contributed by atoms with Crippen LogP contribution in [-0.2, 0) is 0 Å². The van der Waals surface area contributed by atoms with Crippen molar-refractivity contribution >= 4 is 22.5 Å². The van der Waals surface area contributed by atoms with Crippen LogP contribution in [0.1, 0.15) is 11.4 Å². The normalized spacial score (nSPS) is 16.0. The van der Waals surface area contributed by atoms with Gasteiger partial charge in [0.05, 0.1) is 5.52 Å². The van der Waals surface area contributed by atoms with Crippen LogP contribution in [0.15, 0.2) is 18.2 Å². The Morgan fingerprint density at radius 3 is 2.71 bits per heavy atom. The van der Waals surface area contributed by atoms with Crippen LogP contribution in [0.2, 0.25) is 0 Å². The number of benzene rings is 1. The SMILES string of the molecule is Cc1ccc2c(c1)nc(N1CCNCC1)n1nc(C)nc21. The number of piperazine rings is 1. The van der Waals surface area contributed by atoms with E-state index in [4.69, 9.17) is 4.98 Å². The van der Waals surface area contributed by atoms with Crippen molar-refractivity contribution in [2.75, 3.05) is 31.1 Å². The van der Waals surface area contributed by atoms with Crippen molar-refractivity contribution in [2.45, 2.75) is 13.8 Å². The van der Waals surface area contributed by atoms with E-state index in [0.717, 1.165) is 54.5 Å². The van der Waals surface area contributed by atoms with Gasteiger partial charge < -0.3 is 10.2 Å². The van der Waals surface area contributed by atoms with Gasteiger partial charge >= 0.3 is 0 Å². The minimum Gasteiger partial charge on any atom is -0.338 e. The van der Waals surface area contributed by atoms with Gasteiger partial charge in [-0.1, -0.05) is 6.07 Å². The fourth-order valence-electron chi connectivity index (χ4n) is 2.88. The number of hydrogen-bond acceptors (Lipinski definition) is 5. The molecule has 2 aromatic heterocycles. The largest absolute Gasteiger partial charge is 0.338 e. The number of fused-ring (bicyclic) bond motifs is 3. The van der Waals surface area contributed by atoms with Crippen LogP contribution in [-0.4, -0.2) is 45.8 Å². The van der Waals surface area contributed by atoms with Gasteiger partial charge in [-0.3, -0.25) is 0 Å². The molecule has 0 unspecified atom stereocenters. The third-order valence-electron chi connectivity index (χ3n) is 3.92. The summed E-state index contributed by atoms with van der Waals surface area (Å²) in [5.74, 6) is 1.67. The Balaban J connectivity index is 2.02. The van der Waals surface area contributed by atoms with E-state index in [0.29, 0.717) is 0 Å². The lowest BCUT2D eigenvalue weighted by Gasteiger charge is -2.28. The molecule has 0 saturated carbocycles. The highest BCUT2D eigenvalue weighted by molar-refractivity contribution is 5.92. The molecule has 0 spiro atoms. The predicted molar refractivity (Wildman–Crippen MR) is 82.8 cm³/mol. The van der Waals surface area contributed by atoms with Gasteiger partial charge in [0, 0.05) is 31.6 Å². The van der Waals surface area contributed by atoms with Crippen molar-refractivity contribution in [3.05, 3.63) is 29.6 Å². The molecule has 6 nitrogen and oxygen atoms in total. The van der Waals surface area contributed by atoms with Gasteiger partial charge in [0.2, 0.25) is 5.95 Å². The summed E-state index contributed by atoms with van der Waals surface area (Å²) < 4.78 is 1.89. The van der Waals surface area contributed by atoms with Gasteiger partial charge in [-0.15, -0.1) is 5.10 Å². The third-order valence-corrected chi connectivity index (χ3v) is 3.92. The van der Waals surface area contributed by atoms with Crippen LogP contribution >= 0.6 is 0 Å². The Morgan fingerprint density at radius 2 is 1.90 bits per heavy atom. The molecular formula is C15H18N6. The molecule has 1 N–H and O–H groups in total. The highest BCUT2D eigenvalue weighted by Crippen LogP contribution is 2.23. The average molecular weight is 282 g/mol. The second-order valence-corrected chi connectivity index (χ2v) is 5.56. The third kappa shape index (κ3) is 2.03. The first-order valence-corrected chi connectivity index (χ1v) is 7.32. The minimum absolute atomic E-state index is 0.779. The first kappa shape index (κ1) is 12.5. The molecule has 6 heteroatoms. The number of hydrogen-bond donors (Lipinski definition) is 1. The Labute approximate surface area is 122 Å². The zero-order chi connectivity index (χ0) is 14.4. The van der Waals surface area contributed by atoms with Gasteiger partial charge in [0.25, 0.3) is 0 Å². The molecule has 4 rings (SSSR count). The van der Waals surface area contributed by atoms with Gasteiger partial charge in [-0.2, -0.15) is 4.52 Å². The zero-order valence-electron chi connectivity index (χ0n) is 12.3. The average Bonchev–Trinajstić information content (AvgIpc) is 2.88. The van der Waals surface area contributed by atoms with Crippen LogP contribution in [0.25, 0.3) is 16.6 Å². The van der Waals surface area contributed by atoms with E-state index in [-0.39, 0.29) is 0 Å². The fourth-order valence-corrected chi connectivity index (χ4v) is 2.88. The molecule has 1 fully saturated rings. The number of aromatic nitrogens is 4. The number of anilines is 1. The fraction of sp³-hybridized carbons (Fsp3) is 0.400. The molecule has 0 amide bonds. The molecule has 21 heavy (non-hydrogen) atoms. The summed E-state index contributed by atoms with van der Waals surface area (Å²) in [6.45, 7) is 7.85. The highest BCUT2D eigenvalue weighted by atomic mass is 15.4. The molecule has 1 aromatic carbocycles. The number of nitrogens with one attached hydrogen (secondary N) is 1. The summed E-state index contributed by atoms with van der Waals surface area (Å²) in [5.41, 5.74) is 3.09. The summed E-state index contributed by atoms with van der Waals surface area (Å²) >= 11 is 0. The maximum atomic E-state index is 4.86. The highest BCUT2D eigenvalue weighted by Gasteiger charge is 2.18. The number of aryl methyl sites for hydroxylation is 2. The maximum absolute atomic E-state index is 4.86. The van der Waals surface area contributed by atoms with Crippen LogP contribution in [0.5, 0.6) is 0 Å². The second-order valence-electron chi connectivity index (χ2n) is 5.56. The van der Waals surface area contributed by atoms with Crippen molar-refractivity contribution in [1.29, 1.82) is 0 Å². The van der Waals surface area contributed by atoms with Gasteiger partial charge in [-0.05, 0) is 31.5 Å². The monoisotopic (exact) mass is 282 g/mol. The lowest BCUT2D eigenvalue weighted by atomic mass is 10.2. The lowest BCUT2D eigenvalue weighted by Crippen LogP contribution is -2.44. The first-order valence-electron chi connectivity index (χ1n) is 7.32. The molecule has 0 aliphatic carbocycles. The number of nitrogens with zero attached hydrogens (tertiary/aromatic N) is 5. The van der Waals surface area contributed by atoms with Crippen molar-refractivity contribution < 1.29 is 0 Å². The van der Waals surface area contributed by atoms with Gasteiger partial charge in [0.1, 0.15) is 5.82 Å². The molecule has 0 radical (unpaired) electrons.